The third-order valence-corrected chi connectivity index (χ3v) is 15.2. The van der Waals surface area contributed by atoms with Crippen LogP contribution < -0.4 is 15.1 Å². The lowest BCUT2D eigenvalue weighted by Gasteiger charge is -2.44. The van der Waals surface area contributed by atoms with Gasteiger partial charge in [-0.3, -0.25) is 0 Å². The first-order valence-electron chi connectivity index (χ1n) is 16.3. The van der Waals surface area contributed by atoms with Crippen molar-refractivity contribution in [3.8, 4) is 56.5 Å². The van der Waals surface area contributed by atoms with Gasteiger partial charge in [0.15, 0.2) is 10.3 Å². The van der Waals surface area contributed by atoms with E-state index < -0.39 is 8.40 Å². The van der Waals surface area contributed by atoms with Crippen molar-refractivity contribution in [3.63, 3.8) is 0 Å². The molecule has 1 spiro atoms. The summed E-state index contributed by atoms with van der Waals surface area (Å²) < 4.78 is 11.9. The fourth-order valence-electron chi connectivity index (χ4n) is 7.47. The van der Waals surface area contributed by atoms with Crippen LogP contribution in [-0.4, -0.2) is 26.8 Å². The summed E-state index contributed by atoms with van der Waals surface area (Å²) in [5, 5.41) is 4.15. The van der Waals surface area contributed by atoms with Crippen LogP contribution in [0.15, 0.2) is 180 Å². The predicted molar refractivity (Wildman–Crippen MR) is 199 cm³/mol. The summed E-state index contributed by atoms with van der Waals surface area (Å²) in [6, 6.07) is 59.7. The van der Waals surface area contributed by atoms with Crippen molar-refractivity contribution in [1.82, 2.24) is 18.4 Å². The maximum Gasteiger partial charge on any atom is 0.351 e. The fraction of sp³-hybridized carbons (Fsp3) is 0. The van der Waals surface area contributed by atoms with Crippen LogP contribution in [0.25, 0.3) is 45.0 Å². The Labute approximate surface area is 289 Å². The van der Waals surface area contributed by atoms with Crippen molar-refractivity contribution in [2.45, 2.75) is 10.3 Å². The summed E-state index contributed by atoms with van der Waals surface area (Å²) in [5.41, 5.74) is 8.47. The molecule has 2 aliphatic rings. The Morgan fingerprint density at radius 3 is 1.16 bits per heavy atom. The Hall–Kier alpha value is -5.89. The third kappa shape index (κ3) is 4.13. The lowest BCUT2D eigenvalue weighted by atomic mass is 10.1. The molecule has 10 rings (SSSR count). The third-order valence-electron chi connectivity index (χ3n) is 9.46. The van der Waals surface area contributed by atoms with Gasteiger partial charge in [-0.15, -0.1) is 0 Å². The van der Waals surface area contributed by atoms with Gasteiger partial charge in [0, 0.05) is 21.5 Å². The van der Waals surface area contributed by atoms with Gasteiger partial charge in [-0.1, -0.05) is 158 Å². The van der Waals surface area contributed by atoms with Crippen molar-refractivity contribution in [1.29, 1.82) is 0 Å². The highest BCUT2D eigenvalue weighted by molar-refractivity contribution is 7.99. The molecular formula is C42H28N4OSSi. The molecule has 0 unspecified atom stereocenters. The van der Waals surface area contributed by atoms with Gasteiger partial charge < -0.3 is 13.2 Å². The van der Waals surface area contributed by atoms with Crippen LogP contribution in [0.3, 0.4) is 0 Å². The molecule has 0 atom stereocenters. The summed E-state index contributed by atoms with van der Waals surface area (Å²) >= 11 is 1.65. The number of rotatable bonds is 4. The lowest BCUT2D eigenvalue weighted by molar-refractivity contribution is 0.484. The molecule has 7 heteroatoms. The van der Waals surface area contributed by atoms with E-state index in [-0.39, 0.29) is 0 Å². The number of aromatic nitrogens is 4. The zero-order valence-electron chi connectivity index (χ0n) is 26.3. The number of hydrogen-bond acceptors (Lipinski definition) is 4. The van der Waals surface area contributed by atoms with E-state index >= 15 is 0 Å². The molecule has 0 fully saturated rings. The Bertz CT molecular complexity index is 2320. The molecule has 0 radical (unpaired) electrons. The molecule has 232 valence electrons. The summed E-state index contributed by atoms with van der Waals surface area (Å²) in [4.78, 5) is 11.1. The van der Waals surface area contributed by atoms with Crippen molar-refractivity contribution < 1.29 is 4.74 Å². The van der Waals surface area contributed by atoms with Crippen LogP contribution in [-0.2, 0) is 0 Å². The zero-order valence-corrected chi connectivity index (χ0v) is 28.1. The molecule has 0 bridgehead atoms. The smallest absolute Gasteiger partial charge is 0.351 e. The second-order valence-corrected chi connectivity index (χ2v) is 16.4. The molecule has 0 N–H and O–H groups in total. The van der Waals surface area contributed by atoms with Gasteiger partial charge in [0.1, 0.15) is 11.5 Å². The topological polar surface area (TPSA) is 44.9 Å². The first kappa shape index (κ1) is 28.1. The fourth-order valence-corrected chi connectivity index (χ4v) is 14.2. The van der Waals surface area contributed by atoms with Gasteiger partial charge in [0.25, 0.3) is 0 Å². The van der Waals surface area contributed by atoms with Crippen LogP contribution in [0, 0.1) is 0 Å². The molecule has 2 aromatic heterocycles. The first-order chi connectivity index (χ1) is 24.3. The summed E-state index contributed by atoms with van der Waals surface area (Å²) in [6.45, 7) is 0. The van der Waals surface area contributed by atoms with E-state index in [2.05, 4.69) is 178 Å². The molecule has 2 aliphatic heterocycles. The quantitative estimate of drug-likeness (QED) is 0.176. The van der Waals surface area contributed by atoms with Crippen LogP contribution in [0.4, 0.5) is 0 Å². The standard InChI is InChI=1S/C42H28N4OSSi/c1-5-17-29(18-6-1)37-39(31-21-9-3-10-22-31)45-41(43-37)48-42-44-38(30-19-7-2-8-20-30)40(32-23-11-4-12-24-32)46(42)49(45)35-27-15-13-25-33(35)47-34-26-14-16-28-36(34)49/h1-28H. The number of fused-ring (bicyclic) bond motifs is 8. The normalized spacial score (nSPS) is 13.6. The maximum atomic E-state index is 6.77. The molecule has 5 nitrogen and oxygen atoms in total. The summed E-state index contributed by atoms with van der Waals surface area (Å²) in [5.74, 6) is 1.72. The first-order valence-corrected chi connectivity index (χ1v) is 19.1. The highest BCUT2D eigenvalue weighted by Gasteiger charge is 2.57. The predicted octanol–water partition coefficient (Wildman–Crippen LogP) is 8.97. The molecule has 6 aromatic carbocycles. The van der Waals surface area contributed by atoms with Crippen LogP contribution >= 0.6 is 11.8 Å². The Balaban J connectivity index is 1.44. The van der Waals surface area contributed by atoms with Crippen molar-refractivity contribution in [2.75, 3.05) is 0 Å². The monoisotopic (exact) mass is 664 g/mol. The largest absolute Gasteiger partial charge is 0.457 e. The Kier molecular flexibility index (Phi) is 6.37. The minimum Gasteiger partial charge on any atom is -0.457 e. The number of imidazole rings is 2. The van der Waals surface area contributed by atoms with Crippen LogP contribution in [0.5, 0.6) is 11.5 Å². The van der Waals surface area contributed by atoms with E-state index in [1.54, 1.807) is 11.8 Å². The van der Waals surface area contributed by atoms with Gasteiger partial charge >= 0.3 is 8.40 Å². The SMILES string of the molecule is c1ccc(-c2nc3n(c2-c2ccccc2)[Si]2(c4ccccc4Oc4ccccc42)n2c(nc(-c4ccccc4)c2-c2ccccc2)S3)cc1. The minimum atomic E-state index is -3.37. The molecule has 4 heterocycles. The lowest BCUT2D eigenvalue weighted by Crippen LogP contribution is -2.72. The van der Waals surface area contributed by atoms with E-state index in [9.17, 15) is 0 Å². The van der Waals surface area contributed by atoms with E-state index in [0.29, 0.717) is 0 Å². The van der Waals surface area contributed by atoms with Gasteiger partial charge in [0.2, 0.25) is 0 Å². The zero-order chi connectivity index (χ0) is 32.4. The summed E-state index contributed by atoms with van der Waals surface area (Å²) in [7, 11) is -3.37. The number of para-hydroxylation sites is 2. The minimum absolute atomic E-state index is 0.861. The van der Waals surface area contributed by atoms with Gasteiger partial charge in [0.05, 0.1) is 22.8 Å². The highest BCUT2D eigenvalue weighted by Crippen LogP contribution is 2.49. The van der Waals surface area contributed by atoms with Gasteiger partial charge in [-0.05, 0) is 35.0 Å². The average Bonchev–Trinajstić information content (AvgIpc) is 3.76. The van der Waals surface area contributed by atoms with Crippen molar-refractivity contribution in [3.05, 3.63) is 170 Å². The average molecular weight is 665 g/mol. The van der Waals surface area contributed by atoms with Crippen LogP contribution in [0.2, 0.25) is 0 Å². The molecule has 0 saturated heterocycles. The number of nitrogens with zero attached hydrogens (tertiary/aromatic N) is 4. The second-order valence-electron chi connectivity index (χ2n) is 12.2. The number of hydrogen-bond donors (Lipinski definition) is 0. The van der Waals surface area contributed by atoms with Crippen molar-refractivity contribution in [2.24, 2.45) is 0 Å². The summed E-state index contributed by atoms with van der Waals surface area (Å²) in [6.07, 6.45) is 0. The van der Waals surface area contributed by atoms with E-state index in [1.807, 2.05) is 0 Å². The molecule has 0 aliphatic carbocycles. The Morgan fingerprint density at radius 1 is 0.408 bits per heavy atom. The maximum absolute atomic E-state index is 6.77. The van der Waals surface area contributed by atoms with Crippen molar-refractivity contribution >= 4 is 30.5 Å². The second kappa shape index (κ2) is 11.1. The molecule has 49 heavy (non-hydrogen) atoms. The van der Waals surface area contributed by atoms with E-state index in [1.165, 1.54) is 0 Å². The molecule has 0 amide bonds. The Morgan fingerprint density at radius 2 is 0.755 bits per heavy atom. The van der Waals surface area contributed by atoms with Gasteiger partial charge in [-0.2, -0.15) is 0 Å². The molecule has 0 saturated carbocycles. The number of ether oxygens (including phenoxy) is 1. The van der Waals surface area contributed by atoms with E-state index in [0.717, 1.165) is 77.2 Å². The van der Waals surface area contributed by atoms with E-state index in [4.69, 9.17) is 14.7 Å². The number of benzene rings is 6. The molecule has 8 aromatic rings. The van der Waals surface area contributed by atoms with Crippen LogP contribution in [0.1, 0.15) is 0 Å². The van der Waals surface area contributed by atoms with Gasteiger partial charge in [-0.25, -0.2) is 9.97 Å². The molecular weight excluding hydrogens is 637 g/mol. The highest BCUT2D eigenvalue weighted by atomic mass is 32.2.